The minimum Gasteiger partial charge on any atom is -0.361 e. The van der Waals surface area contributed by atoms with Gasteiger partial charge in [0.1, 0.15) is 5.82 Å². The van der Waals surface area contributed by atoms with Crippen molar-refractivity contribution in [2.75, 3.05) is 30.4 Å². The summed E-state index contributed by atoms with van der Waals surface area (Å²) in [7, 11) is 2.05. The highest BCUT2D eigenvalue weighted by Gasteiger charge is 2.47. The Morgan fingerprint density at radius 1 is 1.14 bits per heavy atom. The SMILES string of the molecule is Cc1nnc(N[C@H](C)c2cccc(C(F)F)c2F)c2cc3c(cc12)C(C)(C)C(=O)N3C1CCN(C)C1. The van der Waals surface area contributed by atoms with Crippen molar-refractivity contribution in [3.05, 3.63) is 58.5 Å². The van der Waals surface area contributed by atoms with Crippen LogP contribution in [0.25, 0.3) is 10.8 Å². The van der Waals surface area contributed by atoms with E-state index in [4.69, 9.17) is 0 Å². The van der Waals surface area contributed by atoms with Crippen LogP contribution in [0.1, 0.15) is 62.0 Å². The third kappa shape index (κ3) is 3.80. The van der Waals surface area contributed by atoms with Crippen LogP contribution in [0, 0.1) is 12.7 Å². The van der Waals surface area contributed by atoms with E-state index in [1.165, 1.54) is 12.1 Å². The number of carbonyl (C=O) groups is 1. The number of hydrogen-bond acceptors (Lipinski definition) is 5. The van der Waals surface area contributed by atoms with Gasteiger partial charge in [0.05, 0.1) is 28.8 Å². The lowest BCUT2D eigenvalue weighted by Gasteiger charge is -2.27. The summed E-state index contributed by atoms with van der Waals surface area (Å²) in [5, 5.41) is 13.4. The fourth-order valence-corrected chi connectivity index (χ4v) is 5.49. The molecule has 1 amide bonds. The Morgan fingerprint density at radius 2 is 1.86 bits per heavy atom. The Kier molecular flexibility index (Phi) is 5.94. The van der Waals surface area contributed by atoms with Gasteiger partial charge >= 0.3 is 0 Å². The van der Waals surface area contributed by atoms with Gasteiger partial charge in [-0.05, 0) is 65.4 Å². The molecule has 0 aliphatic carbocycles. The Bertz CT molecular complexity index is 1360. The van der Waals surface area contributed by atoms with E-state index in [1.54, 1.807) is 6.92 Å². The normalized spacial score (nSPS) is 20.4. The van der Waals surface area contributed by atoms with Crippen LogP contribution in [0.4, 0.5) is 24.7 Å². The van der Waals surface area contributed by atoms with E-state index in [0.29, 0.717) is 11.5 Å². The highest BCUT2D eigenvalue weighted by Crippen LogP contribution is 2.46. The number of likely N-dealkylation sites (N-methyl/N-ethyl adjacent to an activating group) is 1. The number of alkyl halides is 2. The molecule has 0 radical (unpaired) electrons. The maximum atomic E-state index is 14.8. The van der Waals surface area contributed by atoms with Crippen molar-refractivity contribution in [2.24, 2.45) is 0 Å². The quantitative estimate of drug-likeness (QED) is 0.503. The van der Waals surface area contributed by atoms with Crippen LogP contribution in [0.2, 0.25) is 0 Å². The summed E-state index contributed by atoms with van der Waals surface area (Å²) in [6.45, 7) is 9.17. The standard InChI is InChI=1S/C27H30F3N5O/c1-14(17-7-6-8-18(23(17)28)24(29)30)31-25-20-12-22-21(11-19(20)15(2)32-33-25)27(3,4)26(36)35(22)16-9-10-34(5)13-16/h6-8,11-12,14,16,24H,9-10,13H2,1-5H3,(H,31,33)/t14-,16?/m1/s1. The molecular weight excluding hydrogens is 467 g/mol. The van der Waals surface area contributed by atoms with Gasteiger partial charge in [-0.15, -0.1) is 5.10 Å². The monoisotopic (exact) mass is 497 g/mol. The Hall–Kier alpha value is -3.20. The van der Waals surface area contributed by atoms with Crippen LogP contribution in [-0.4, -0.2) is 47.2 Å². The molecule has 2 aliphatic heterocycles. The fourth-order valence-electron chi connectivity index (χ4n) is 5.49. The summed E-state index contributed by atoms with van der Waals surface area (Å²) in [6, 6.07) is 7.42. The smallest absolute Gasteiger partial charge is 0.266 e. The van der Waals surface area contributed by atoms with Crippen molar-refractivity contribution in [1.82, 2.24) is 15.1 Å². The van der Waals surface area contributed by atoms with E-state index < -0.39 is 29.3 Å². The predicted molar refractivity (Wildman–Crippen MR) is 134 cm³/mol. The predicted octanol–water partition coefficient (Wildman–Crippen LogP) is 5.52. The second-order valence-electron chi connectivity index (χ2n) is 10.5. The Labute approximate surface area is 208 Å². The van der Waals surface area contributed by atoms with Crippen molar-refractivity contribution < 1.29 is 18.0 Å². The first kappa shape index (κ1) is 24.5. The van der Waals surface area contributed by atoms with E-state index in [1.807, 2.05) is 37.8 Å². The lowest BCUT2D eigenvalue weighted by molar-refractivity contribution is -0.122. The maximum absolute atomic E-state index is 14.8. The van der Waals surface area contributed by atoms with Crippen LogP contribution < -0.4 is 10.2 Å². The van der Waals surface area contributed by atoms with Gasteiger partial charge in [-0.25, -0.2) is 13.2 Å². The first-order chi connectivity index (χ1) is 17.0. The lowest BCUT2D eigenvalue weighted by Crippen LogP contribution is -2.44. The Balaban J connectivity index is 1.60. The van der Waals surface area contributed by atoms with Crippen molar-refractivity contribution >= 4 is 28.2 Å². The van der Waals surface area contributed by atoms with E-state index >= 15 is 0 Å². The number of benzene rings is 2. The third-order valence-corrected chi connectivity index (χ3v) is 7.61. The average Bonchev–Trinajstić information content (AvgIpc) is 3.33. The molecule has 2 aliphatic rings. The van der Waals surface area contributed by atoms with Gasteiger partial charge in [-0.3, -0.25) is 4.79 Å². The number of anilines is 2. The zero-order chi connectivity index (χ0) is 25.9. The van der Waals surface area contributed by atoms with Gasteiger partial charge in [-0.1, -0.05) is 18.2 Å². The van der Waals surface area contributed by atoms with Crippen LogP contribution in [0.3, 0.4) is 0 Å². The van der Waals surface area contributed by atoms with Crippen LogP contribution >= 0.6 is 0 Å². The highest BCUT2D eigenvalue weighted by molar-refractivity contribution is 6.11. The van der Waals surface area contributed by atoms with Crippen LogP contribution in [-0.2, 0) is 10.2 Å². The summed E-state index contributed by atoms with van der Waals surface area (Å²) in [6.07, 6.45) is -2.01. The van der Waals surface area contributed by atoms with Gasteiger partial charge in [0.15, 0.2) is 5.82 Å². The number of hydrogen-bond donors (Lipinski definition) is 1. The van der Waals surface area contributed by atoms with E-state index in [2.05, 4.69) is 27.5 Å². The molecule has 2 aromatic carbocycles. The molecule has 36 heavy (non-hydrogen) atoms. The summed E-state index contributed by atoms with van der Waals surface area (Å²) in [4.78, 5) is 17.7. The van der Waals surface area contributed by atoms with E-state index in [-0.39, 0.29) is 17.5 Å². The zero-order valence-electron chi connectivity index (χ0n) is 21.1. The number of halogens is 3. The van der Waals surface area contributed by atoms with E-state index in [9.17, 15) is 18.0 Å². The first-order valence-electron chi connectivity index (χ1n) is 12.2. The molecule has 1 aromatic heterocycles. The molecule has 190 valence electrons. The lowest BCUT2D eigenvalue weighted by atomic mass is 9.85. The summed E-state index contributed by atoms with van der Waals surface area (Å²) in [5.74, 6) is -0.449. The second kappa shape index (κ2) is 8.73. The molecule has 5 rings (SSSR count). The topological polar surface area (TPSA) is 61.4 Å². The minimum absolute atomic E-state index is 0.0699. The molecule has 1 N–H and O–H groups in total. The molecular formula is C27H30F3N5O. The molecule has 6 nitrogen and oxygen atoms in total. The summed E-state index contributed by atoms with van der Waals surface area (Å²) in [5.41, 5.74) is 1.32. The maximum Gasteiger partial charge on any atom is 0.266 e. The molecule has 0 saturated carbocycles. The van der Waals surface area contributed by atoms with Gasteiger partial charge in [-0.2, -0.15) is 5.10 Å². The number of nitrogens with zero attached hydrogens (tertiary/aromatic N) is 4. The van der Waals surface area contributed by atoms with Crippen LogP contribution in [0.5, 0.6) is 0 Å². The largest absolute Gasteiger partial charge is 0.361 e. The number of fused-ring (bicyclic) bond motifs is 2. The van der Waals surface area contributed by atoms with Crippen LogP contribution in [0.15, 0.2) is 30.3 Å². The van der Waals surface area contributed by atoms with E-state index in [0.717, 1.165) is 47.6 Å². The van der Waals surface area contributed by atoms with Gasteiger partial charge in [0.2, 0.25) is 5.91 Å². The summed E-state index contributed by atoms with van der Waals surface area (Å²) < 4.78 is 41.3. The van der Waals surface area contributed by atoms with Gasteiger partial charge < -0.3 is 15.1 Å². The highest BCUT2D eigenvalue weighted by atomic mass is 19.3. The number of aromatic nitrogens is 2. The van der Waals surface area contributed by atoms with Crippen molar-refractivity contribution in [3.8, 4) is 0 Å². The molecule has 9 heteroatoms. The molecule has 3 heterocycles. The molecule has 0 spiro atoms. The molecule has 0 bridgehead atoms. The molecule has 1 saturated heterocycles. The molecule has 2 atom stereocenters. The average molecular weight is 498 g/mol. The van der Waals surface area contributed by atoms with Gasteiger partial charge in [0, 0.05) is 28.6 Å². The van der Waals surface area contributed by atoms with Crippen molar-refractivity contribution in [3.63, 3.8) is 0 Å². The van der Waals surface area contributed by atoms with Gasteiger partial charge in [0.25, 0.3) is 6.43 Å². The number of likely N-dealkylation sites (tertiary alicyclic amines) is 1. The first-order valence-corrected chi connectivity index (χ1v) is 12.2. The zero-order valence-corrected chi connectivity index (χ0v) is 21.1. The molecule has 3 aromatic rings. The van der Waals surface area contributed by atoms with Crippen molar-refractivity contribution in [1.29, 1.82) is 0 Å². The summed E-state index contributed by atoms with van der Waals surface area (Å²) >= 11 is 0. The molecule has 1 unspecified atom stereocenters. The number of aryl methyl sites for hydroxylation is 1. The number of carbonyl (C=O) groups excluding carboxylic acids is 1. The second-order valence-corrected chi connectivity index (χ2v) is 10.5. The number of amides is 1. The van der Waals surface area contributed by atoms with Crippen molar-refractivity contribution in [2.45, 2.75) is 58.0 Å². The third-order valence-electron chi connectivity index (χ3n) is 7.61. The Morgan fingerprint density at radius 3 is 2.53 bits per heavy atom. The number of rotatable bonds is 5. The minimum atomic E-state index is -2.90. The fraction of sp³-hybridized carbons (Fsp3) is 0.444. The number of nitrogens with one attached hydrogen (secondary N) is 1. The molecule has 1 fully saturated rings.